The van der Waals surface area contributed by atoms with Crippen molar-refractivity contribution in [1.82, 2.24) is 15.2 Å². The molecule has 2 heterocycles. The van der Waals surface area contributed by atoms with Crippen LogP contribution in [0.5, 0.6) is 0 Å². The van der Waals surface area contributed by atoms with Crippen molar-refractivity contribution in [2.24, 2.45) is 11.7 Å². The van der Waals surface area contributed by atoms with E-state index in [1.54, 1.807) is 6.20 Å². The molecule has 1 saturated heterocycles. The summed E-state index contributed by atoms with van der Waals surface area (Å²) in [7, 11) is 2.13. The zero-order valence-corrected chi connectivity index (χ0v) is 15.0. The van der Waals surface area contributed by atoms with Crippen molar-refractivity contribution in [2.45, 2.75) is 26.4 Å². The molecule has 0 spiro atoms. The smallest absolute Gasteiger partial charge is 0.237 e. The molecule has 1 atom stereocenters. The van der Waals surface area contributed by atoms with E-state index in [1.165, 1.54) is 0 Å². The topological polar surface area (TPSA) is 74.5 Å². The van der Waals surface area contributed by atoms with Gasteiger partial charge in [-0.3, -0.25) is 4.79 Å². The second-order valence-corrected chi connectivity index (χ2v) is 6.30. The quantitative estimate of drug-likeness (QED) is 0.830. The summed E-state index contributed by atoms with van der Waals surface area (Å²) < 4.78 is 0. The number of pyridine rings is 1. The van der Waals surface area contributed by atoms with Gasteiger partial charge in [0.2, 0.25) is 5.91 Å². The lowest BCUT2D eigenvalue weighted by Crippen LogP contribution is -2.45. The highest BCUT2D eigenvalue weighted by Crippen LogP contribution is 2.14. The van der Waals surface area contributed by atoms with Crippen LogP contribution in [0.3, 0.4) is 0 Å². The Kier molecular flexibility index (Phi) is 7.75. The summed E-state index contributed by atoms with van der Waals surface area (Å²) in [6.45, 7) is 8.44. The summed E-state index contributed by atoms with van der Waals surface area (Å²) in [6.07, 6.45) is 1.80. The van der Waals surface area contributed by atoms with Crippen molar-refractivity contribution in [1.29, 1.82) is 0 Å². The molecule has 0 unspecified atom stereocenters. The third-order valence-electron chi connectivity index (χ3n) is 4.12. The highest BCUT2D eigenvalue weighted by atomic mass is 35.5. The summed E-state index contributed by atoms with van der Waals surface area (Å²) in [5.74, 6) is 1.01. The van der Waals surface area contributed by atoms with E-state index in [0.717, 1.165) is 37.6 Å². The van der Waals surface area contributed by atoms with Crippen molar-refractivity contribution in [3.63, 3.8) is 0 Å². The minimum atomic E-state index is -0.459. The van der Waals surface area contributed by atoms with Crippen LogP contribution in [0.2, 0.25) is 0 Å². The monoisotopic (exact) mass is 341 g/mol. The SMILES string of the molecule is CC(C)[C@H](N)C(=O)NCc1ccnc(N2CCN(C)CC2)c1.Cl. The Labute approximate surface area is 144 Å². The lowest BCUT2D eigenvalue weighted by Gasteiger charge is -2.33. The third-order valence-corrected chi connectivity index (χ3v) is 4.12. The molecule has 0 aromatic carbocycles. The zero-order chi connectivity index (χ0) is 16.1. The predicted octanol–water partition coefficient (Wildman–Crippen LogP) is 0.855. The molecule has 0 saturated carbocycles. The molecule has 0 radical (unpaired) electrons. The number of rotatable bonds is 5. The van der Waals surface area contributed by atoms with E-state index in [1.807, 2.05) is 26.0 Å². The molecule has 1 fully saturated rings. The number of nitrogens with one attached hydrogen (secondary N) is 1. The highest BCUT2D eigenvalue weighted by molar-refractivity contribution is 5.85. The number of nitrogens with two attached hydrogens (primary N) is 1. The van der Waals surface area contributed by atoms with Gasteiger partial charge in [0.1, 0.15) is 5.82 Å². The summed E-state index contributed by atoms with van der Waals surface area (Å²) in [5, 5.41) is 2.90. The normalized spacial score (nSPS) is 16.8. The van der Waals surface area contributed by atoms with Gasteiger partial charge in [-0.25, -0.2) is 4.98 Å². The largest absolute Gasteiger partial charge is 0.354 e. The van der Waals surface area contributed by atoms with Crippen LogP contribution >= 0.6 is 12.4 Å². The number of carbonyl (C=O) groups excluding carboxylic acids is 1. The van der Waals surface area contributed by atoms with Crippen LogP contribution in [-0.4, -0.2) is 55.1 Å². The Morgan fingerprint density at radius 3 is 2.61 bits per heavy atom. The average molecular weight is 342 g/mol. The van der Waals surface area contributed by atoms with E-state index in [-0.39, 0.29) is 24.2 Å². The van der Waals surface area contributed by atoms with Crippen LogP contribution in [0.15, 0.2) is 18.3 Å². The second kappa shape index (κ2) is 9.05. The van der Waals surface area contributed by atoms with Gasteiger partial charge >= 0.3 is 0 Å². The molecule has 7 heteroatoms. The summed E-state index contributed by atoms with van der Waals surface area (Å²) in [5.41, 5.74) is 6.90. The highest BCUT2D eigenvalue weighted by Gasteiger charge is 2.17. The molecule has 1 aromatic heterocycles. The number of hydrogen-bond acceptors (Lipinski definition) is 5. The molecule has 130 valence electrons. The number of carbonyl (C=O) groups is 1. The Balaban J connectivity index is 0.00000264. The van der Waals surface area contributed by atoms with Gasteiger partial charge < -0.3 is 20.9 Å². The number of halogens is 1. The van der Waals surface area contributed by atoms with Crippen molar-refractivity contribution in [3.05, 3.63) is 23.9 Å². The Hall–Kier alpha value is -1.37. The number of hydrogen-bond donors (Lipinski definition) is 2. The summed E-state index contributed by atoms with van der Waals surface area (Å²) >= 11 is 0. The van der Waals surface area contributed by atoms with Crippen LogP contribution in [0.25, 0.3) is 0 Å². The van der Waals surface area contributed by atoms with Crippen molar-refractivity contribution < 1.29 is 4.79 Å². The maximum Gasteiger partial charge on any atom is 0.237 e. The van der Waals surface area contributed by atoms with E-state index in [0.29, 0.717) is 6.54 Å². The molecule has 0 bridgehead atoms. The van der Waals surface area contributed by atoms with E-state index >= 15 is 0 Å². The Bertz CT molecular complexity index is 503. The first-order valence-corrected chi connectivity index (χ1v) is 7.89. The second-order valence-electron chi connectivity index (χ2n) is 6.30. The van der Waals surface area contributed by atoms with Gasteiger partial charge in [0, 0.05) is 38.9 Å². The van der Waals surface area contributed by atoms with Gasteiger partial charge in [-0.05, 0) is 30.7 Å². The number of aromatic nitrogens is 1. The molecule has 3 N–H and O–H groups in total. The van der Waals surface area contributed by atoms with Gasteiger partial charge in [0.25, 0.3) is 0 Å². The Morgan fingerprint density at radius 2 is 2.00 bits per heavy atom. The maximum atomic E-state index is 11.9. The molecule has 23 heavy (non-hydrogen) atoms. The molecule has 1 aromatic rings. The predicted molar refractivity (Wildman–Crippen MR) is 95.9 cm³/mol. The molecular formula is C16H28ClN5O. The van der Waals surface area contributed by atoms with Gasteiger partial charge in [0.15, 0.2) is 0 Å². The minimum absolute atomic E-state index is 0. The lowest BCUT2D eigenvalue weighted by atomic mass is 10.1. The number of nitrogens with zero attached hydrogens (tertiary/aromatic N) is 3. The summed E-state index contributed by atoms with van der Waals surface area (Å²) in [6, 6.07) is 3.52. The van der Waals surface area contributed by atoms with Crippen LogP contribution in [0, 0.1) is 5.92 Å². The van der Waals surface area contributed by atoms with Crippen LogP contribution in [0.4, 0.5) is 5.82 Å². The van der Waals surface area contributed by atoms with Crippen molar-refractivity contribution >= 4 is 24.1 Å². The van der Waals surface area contributed by atoms with Gasteiger partial charge in [-0.15, -0.1) is 12.4 Å². The standard InChI is InChI=1S/C16H27N5O.ClH/c1-12(2)15(17)16(22)19-11-13-4-5-18-14(10-13)21-8-6-20(3)7-9-21;/h4-5,10,12,15H,6-9,11,17H2,1-3H3,(H,19,22);1H/t15-;/m0./s1. The molecule has 2 rings (SSSR count). The van der Waals surface area contributed by atoms with Gasteiger partial charge in [0.05, 0.1) is 6.04 Å². The van der Waals surface area contributed by atoms with E-state index in [2.05, 4.69) is 27.1 Å². The van der Waals surface area contributed by atoms with E-state index in [9.17, 15) is 4.79 Å². The van der Waals surface area contributed by atoms with Crippen molar-refractivity contribution in [2.75, 3.05) is 38.1 Å². The van der Waals surface area contributed by atoms with Gasteiger partial charge in [-0.1, -0.05) is 13.8 Å². The molecule has 6 nitrogen and oxygen atoms in total. The number of piperazine rings is 1. The minimum Gasteiger partial charge on any atom is -0.354 e. The number of amides is 1. The first kappa shape index (κ1) is 19.7. The van der Waals surface area contributed by atoms with Crippen LogP contribution in [0.1, 0.15) is 19.4 Å². The van der Waals surface area contributed by atoms with Gasteiger partial charge in [-0.2, -0.15) is 0 Å². The number of anilines is 1. The number of likely N-dealkylation sites (N-methyl/N-ethyl adjacent to an activating group) is 1. The zero-order valence-electron chi connectivity index (χ0n) is 14.2. The fourth-order valence-electron chi connectivity index (χ4n) is 2.39. The van der Waals surface area contributed by atoms with Crippen molar-refractivity contribution in [3.8, 4) is 0 Å². The molecule has 1 amide bonds. The maximum absolute atomic E-state index is 11.9. The first-order chi connectivity index (χ1) is 10.5. The molecular weight excluding hydrogens is 314 g/mol. The first-order valence-electron chi connectivity index (χ1n) is 7.89. The Morgan fingerprint density at radius 1 is 1.35 bits per heavy atom. The third kappa shape index (κ3) is 5.64. The van der Waals surface area contributed by atoms with E-state index in [4.69, 9.17) is 5.73 Å². The average Bonchev–Trinajstić information content (AvgIpc) is 2.52. The fourth-order valence-corrected chi connectivity index (χ4v) is 2.39. The molecule has 0 aliphatic carbocycles. The van der Waals surface area contributed by atoms with E-state index < -0.39 is 6.04 Å². The molecule has 1 aliphatic rings. The molecule has 1 aliphatic heterocycles. The van der Waals surface area contributed by atoms with Crippen LogP contribution in [-0.2, 0) is 11.3 Å². The fraction of sp³-hybridized carbons (Fsp3) is 0.625. The summed E-state index contributed by atoms with van der Waals surface area (Å²) in [4.78, 5) is 21.0. The lowest BCUT2D eigenvalue weighted by molar-refractivity contribution is -0.123. The van der Waals surface area contributed by atoms with Crippen LogP contribution < -0.4 is 16.0 Å².